The SMILES string of the molecule is O=C(OCc1ccccc1)[C@@H]1C[C@@]1(F)C(=O)O. The van der Waals surface area contributed by atoms with Gasteiger partial charge in [-0.05, 0) is 5.56 Å². The maximum Gasteiger partial charge on any atom is 0.342 e. The molecule has 0 bridgehead atoms. The third kappa shape index (κ3) is 2.27. The molecule has 1 saturated carbocycles. The predicted molar refractivity (Wildman–Crippen MR) is 55.8 cm³/mol. The van der Waals surface area contributed by atoms with Crippen LogP contribution in [0.15, 0.2) is 30.3 Å². The second kappa shape index (κ2) is 4.16. The fourth-order valence-electron chi connectivity index (χ4n) is 1.57. The summed E-state index contributed by atoms with van der Waals surface area (Å²) in [6.07, 6.45) is -0.296. The molecule has 1 aromatic rings. The lowest BCUT2D eigenvalue weighted by Crippen LogP contribution is -2.23. The van der Waals surface area contributed by atoms with Crippen molar-refractivity contribution >= 4 is 11.9 Å². The van der Waals surface area contributed by atoms with E-state index in [1.807, 2.05) is 6.07 Å². The summed E-state index contributed by atoms with van der Waals surface area (Å²) in [6, 6.07) is 8.93. The van der Waals surface area contributed by atoms with E-state index in [9.17, 15) is 14.0 Å². The number of carbonyl (C=O) groups is 2. The zero-order chi connectivity index (χ0) is 12.5. The van der Waals surface area contributed by atoms with Crippen molar-refractivity contribution in [1.29, 1.82) is 0 Å². The lowest BCUT2D eigenvalue weighted by Gasteiger charge is -2.05. The smallest absolute Gasteiger partial charge is 0.342 e. The van der Waals surface area contributed by atoms with Crippen LogP contribution < -0.4 is 0 Å². The number of carbonyl (C=O) groups excluding carboxylic acids is 1. The predicted octanol–water partition coefficient (Wildman–Crippen LogP) is 1.54. The van der Waals surface area contributed by atoms with Crippen LogP contribution >= 0.6 is 0 Å². The Hall–Kier alpha value is -1.91. The van der Waals surface area contributed by atoms with Gasteiger partial charge >= 0.3 is 11.9 Å². The molecule has 4 nitrogen and oxygen atoms in total. The number of aliphatic carboxylic acids is 1. The van der Waals surface area contributed by atoms with E-state index in [4.69, 9.17) is 9.84 Å². The van der Waals surface area contributed by atoms with E-state index in [2.05, 4.69) is 0 Å². The molecule has 0 radical (unpaired) electrons. The average Bonchev–Trinajstić information content (AvgIpc) is 3.02. The minimum atomic E-state index is -2.42. The highest BCUT2D eigenvalue weighted by molar-refractivity contribution is 5.92. The van der Waals surface area contributed by atoms with Gasteiger partial charge in [-0.3, -0.25) is 4.79 Å². The molecule has 17 heavy (non-hydrogen) atoms. The summed E-state index contributed by atoms with van der Waals surface area (Å²) in [7, 11) is 0. The maximum atomic E-state index is 13.4. The molecule has 0 spiro atoms. The van der Waals surface area contributed by atoms with Crippen LogP contribution in [0.25, 0.3) is 0 Å². The van der Waals surface area contributed by atoms with Gasteiger partial charge in [-0.15, -0.1) is 0 Å². The highest BCUT2D eigenvalue weighted by atomic mass is 19.1. The highest BCUT2D eigenvalue weighted by Crippen LogP contribution is 2.48. The summed E-state index contributed by atoms with van der Waals surface area (Å²) in [4.78, 5) is 21.9. The molecule has 0 aliphatic heterocycles. The van der Waals surface area contributed by atoms with Gasteiger partial charge in [0.05, 0.1) is 0 Å². The van der Waals surface area contributed by atoms with Crippen molar-refractivity contribution in [1.82, 2.24) is 0 Å². The largest absolute Gasteiger partial charge is 0.479 e. The van der Waals surface area contributed by atoms with Crippen LogP contribution in [0, 0.1) is 5.92 Å². The minimum Gasteiger partial charge on any atom is -0.479 e. The van der Waals surface area contributed by atoms with Gasteiger partial charge < -0.3 is 9.84 Å². The molecule has 2 atom stereocenters. The number of esters is 1. The van der Waals surface area contributed by atoms with Crippen molar-refractivity contribution < 1.29 is 23.8 Å². The fourth-order valence-corrected chi connectivity index (χ4v) is 1.57. The first kappa shape index (κ1) is 11.6. The van der Waals surface area contributed by atoms with E-state index < -0.39 is 23.5 Å². The molecule has 5 heteroatoms. The van der Waals surface area contributed by atoms with Crippen LogP contribution in [0.1, 0.15) is 12.0 Å². The molecule has 0 unspecified atom stereocenters. The summed E-state index contributed by atoms with van der Waals surface area (Å²) >= 11 is 0. The number of halogens is 1. The van der Waals surface area contributed by atoms with Gasteiger partial charge in [0.2, 0.25) is 5.67 Å². The van der Waals surface area contributed by atoms with Gasteiger partial charge in [-0.1, -0.05) is 30.3 Å². The Bertz CT molecular complexity index is 445. The molecule has 2 rings (SSSR count). The maximum absolute atomic E-state index is 13.4. The first-order valence-corrected chi connectivity index (χ1v) is 5.17. The van der Waals surface area contributed by atoms with Gasteiger partial charge in [0.15, 0.2) is 0 Å². The zero-order valence-electron chi connectivity index (χ0n) is 8.93. The van der Waals surface area contributed by atoms with Crippen LogP contribution in [-0.4, -0.2) is 22.7 Å². The van der Waals surface area contributed by atoms with Crippen molar-refractivity contribution in [3.05, 3.63) is 35.9 Å². The first-order chi connectivity index (χ1) is 8.04. The van der Waals surface area contributed by atoms with E-state index in [0.29, 0.717) is 0 Å². The lowest BCUT2D eigenvalue weighted by atomic mass is 10.2. The Kier molecular flexibility index (Phi) is 2.83. The van der Waals surface area contributed by atoms with Gasteiger partial charge in [0, 0.05) is 6.42 Å². The zero-order valence-corrected chi connectivity index (χ0v) is 8.93. The molecular formula is C12H11FO4. The monoisotopic (exact) mass is 238 g/mol. The molecular weight excluding hydrogens is 227 g/mol. The normalized spacial score (nSPS) is 26.3. The Labute approximate surface area is 97.0 Å². The number of carboxylic acid groups (broad SMARTS) is 1. The number of carboxylic acids is 1. The molecule has 0 saturated heterocycles. The summed E-state index contributed by atoms with van der Waals surface area (Å²) in [6.45, 7) is 0.0336. The molecule has 1 aromatic carbocycles. The number of hydrogen-bond acceptors (Lipinski definition) is 3. The van der Waals surface area contributed by atoms with Crippen LogP contribution in [0.4, 0.5) is 4.39 Å². The number of ether oxygens (including phenoxy) is 1. The van der Waals surface area contributed by atoms with Crippen LogP contribution in [0.3, 0.4) is 0 Å². The Morgan fingerprint density at radius 1 is 1.41 bits per heavy atom. The van der Waals surface area contributed by atoms with Crippen LogP contribution in [0.5, 0.6) is 0 Å². The Morgan fingerprint density at radius 3 is 2.59 bits per heavy atom. The van der Waals surface area contributed by atoms with Gasteiger partial charge in [0.1, 0.15) is 12.5 Å². The van der Waals surface area contributed by atoms with Crippen LogP contribution in [0.2, 0.25) is 0 Å². The number of rotatable bonds is 4. The average molecular weight is 238 g/mol. The topological polar surface area (TPSA) is 63.6 Å². The van der Waals surface area contributed by atoms with Gasteiger partial charge in [-0.25, -0.2) is 9.18 Å². The molecule has 0 amide bonds. The quantitative estimate of drug-likeness (QED) is 0.808. The van der Waals surface area contributed by atoms with E-state index in [1.54, 1.807) is 24.3 Å². The Morgan fingerprint density at radius 2 is 2.06 bits per heavy atom. The molecule has 1 aliphatic carbocycles. The lowest BCUT2D eigenvalue weighted by molar-refractivity contribution is -0.153. The fraction of sp³-hybridized carbons (Fsp3) is 0.333. The summed E-state index contributed by atoms with van der Waals surface area (Å²) in [5.41, 5.74) is -1.64. The third-order valence-electron chi connectivity index (χ3n) is 2.76. The van der Waals surface area contributed by atoms with E-state index in [0.717, 1.165) is 5.56 Å². The first-order valence-electron chi connectivity index (χ1n) is 5.17. The molecule has 1 aliphatic rings. The summed E-state index contributed by atoms with van der Waals surface area (Å²) in [5, 5.41) is 8.53. The van der Waals surface area contributed by atoms with Gasteiger partial charge in [-0.2, -0.15) is 0 Å². The number of alkyl halides is 1. The van der Waals surface area contributed by atoms with Crippen molar-refractivity contribution in [2.24, 2.45) is 5.92 Å². The summed E-state index contributed by atoms with van der Waals surface area (Å²) < 4.78 is 18.2. The molecule has 1 fully saturated rings. The molecule has 0 heterocycles. The number of hydrogen-bond donors (Lipinski definition) is 1. The second-order valence-electron chi connectivity index (χ2n) is 4.02. The van der Waals surface area contributed by atoms with Crippen molar-refractivity contribution in [2.45, 2.75) is 18.7 Å². The Balaban J connectivity index is 1.86. The second-order valence-corrected chi connectivity index (χ2v) is 4.02. The van der Waals surface area contributed by atoms with Gasteiger partial charge in [0.25, 0.3) is 0 Å². The molecule has 1 N–H and O–H groups in total. The van der Waals surface area contributed by atoms with Crippen LogP contribution in [-0.2, 0) is 20.9 Å². The minimum absolute atomic E-state index is 0.0336. The van der Waals surface area contributed by atoms with Crippen molar-refractivity contribution in [2.75, 3.05) is 0 Å². The van der Waals surface area contributed by atoms with E-state index in [-0.39, 0.29) is 13.0 Å². The van der Waals surface area contributed by atoms with Crippen molar-refractivity contribution in [3.63, 3.8) is 0 Å². The summed E-state index contributed by atoms with van der Waals surface area (Å²) in [5.74, 6) is -3.55. The van der Waals surface area contributed by atoms with E-state index in [1.165, 1.54) is 0 Å². The van der Waals surface area contributed by atoms with E-state index >= 15 is 0 Å². The number of benzene rings is 1. The molecule has 0 aromatic heterocycles. The van der Waals surface area contributed by atoms with Crippen molar-refractivity contribution in [3.8, 4) is 0 Å². The standard InChI is InChI=1S/C12H11FO4/c13-12(11(15)16)6-9(12)10(14)17-7-8-4-2-1-3-5-8/h1-5,9H,6-7H2,(H,15,16)/t9-,12-/m0/s1. The third-order valence-corrected chi connectivity index (χ3v) is 2.76. The molecule has 90 valence electrons. The highest BCUT2D eigenvalue weighted by Gasteiger charge is 2.66.